The van der Waals surface area contributed by atoms with Gasteiger partial charge in [0.15, 0.2) is 11.5 Å². The minimum absolute atomic E-state index is 0.284. The smallest absolute Gasteiger partial charge is 0.200 e. The van der Waals surface area contributed by atoms with Crippen molar-refractivity contribution in [2.45, 2.75) is 18.7 Å². The maximum atomic E-state index is 9.53. The highest BCUT2D eigenvalue weighted by atomic mass is 16.3. The van der Waals surface area contributed by atoms with E-state index < -0.39 is 29.5 Å². The number of benzene rings is 1. The molecule has 0 fully saturated rings. The molecule has 0 saturated heterocycles. The molecule has 7 heteroatoms. The molecule has 2 atom stereocenters. The summed E-state index contributed by atoms with van der Waals surface area (Å²) < 4.78 is 0. The van der Waals surface area contributed by atoms with Crippen molar-refractivity contribution in [2.75, 3.05) is 13.2 Å². The van der Waals surface area contributed by atoms with E-state index in [2.05, 4.69) is 5.32 Å². The largest absolute Gasteiger partial charge is 0.504 e. The molecule has 0 heterocycles. The summed E-state index contributed by atoms with van der Waals surface area (Å²) in [6.07, 6.45) is -0.739. The number of aliphatic hydroxyl groups excluding tert-OH is 2. The lowest BCUT2D eigenvalue weighted by molar-refractivity contribution is 0.0812. The van der Waals surface area contributed by atoms with Gasteiger partial charge in [-0.25, -0.2) is 0 Å². The number of phenolic OH excluding ortho intramolecular Hbond substituents is 3. The molecule has 0 saturated carbocycles. The number of hydrogen-bond donors (Lipinski definition) is 7. The van der Waals surface area contributed by atoms with Crippen LogP contribution < -0.4 is 11.1 Å². The van der Waals surface area contributed by atoms with Crippen molar-refractivity contribution in [1.82, 2.24) is 5.32 Å². The van der Waals surface area contributed by atoms with Gasteiger partial charge in [0, 0.05) is 6.54 Å². The first-order chi connectivity index (χ1) is 8.47. The summed E-state index contributed by atoms with van der Waals surface area (Å²) in [4.78, 5) is 0. The predicted octanol–water partition coefficient (Wildman–Crippen LogP) is -1.43. The lowest BCUT2D eigenvalue weighted by Crippen LogP contribution is -2.47. The van der Waals surface area contributed by atoms with Gasteiger partial charge in [0.1, 0.15) is 6.23 Å². The molecule has 0 aliphatic rings. The van der Waals surface area contributed by atoms with Gasteiger partial charge in [-0.1, -0.05) is 6.07 Å². The molecule has 0 aliphatic carbocycles. The molecular weight excluding hydrogens is 240 g/mol. The van der Waals surface area contributed by atoms with Crippen molar-refractivity contribution in [3.63, 3.8) is 0 Å². The molecule has 0 amide bonds. The van der Waals surface area contributed by atoms with Gasteiger partial charge in [-0.3, -0.25) is 5.32 Å². The summed E-state index contributed by atoms with van der Waals surface area (Å²) in [5.74, 6) is -1.36. The van der Waals surface area contributed by atoms with Crippen LogP contribution in [0, 0.1) is 0 Å². The highest BCUT2D eigenvalue weighted by Gasteiger charge is 2.14. The van der Waals surface area contributed by atoms with Crippen LogP contribution in [0.2, 0.25) is 0 Å². The third kappa shape index (κ3) is 3.47. The van der Waals surface area contributed by atoms with Crippen molar-refractivity contribution < 1.29 is 25.5 Å². The molecule has 102 valence electrons. The Hall–Kier alpha value is -1.54. The lowest BCUT2D eigenvalue weighted by atomic mass is 10.1. The summed E-state index contributed by atoms with van der Waals surface area (Å²) in [6, 6.07) is 1.94. The molecule has 1 rings (SSSR count). The maximum absolute atomic E-state index is 9.53. The van der Waals surface area contributed by atoms with E-state index in [-0.39, 0.29) is 13.2 Å². The first kappa shape index (κ1) is 14.5. The zero-order chi connectivity index (χ0) is 13.7. The fourth-order valence-electron chi connectivity index (χ4n) is 1.42. The normalized spacial score (nSPS) is 14.4. The van der Waals surface area contributed by atoms with Crippen LogP contribution in [0.5, 0.6) is 17.2 Å². The number of aliphatic hydroxyl groups is 2. The van der Waals surface area contributed by atoms with E-state index in [4.69, 9.17) is 15.9 Å². The van der Waals surface area contributed by atoms with E-state index in [1.54, 1.807) is 0 Å². The zero-order valence-electron chi connectivity index (χ0n) is 9.74. The van der Waals surface area contributed by atoms with Crippen molar-refractivity contribution in [1.29, 1.82) is 0 Å². The Kier molecular flexibility index (Phi) is 5.17. The van der Waals surface area contributed by atoms with Crippen molar-refractivity contribution in [3.05, 3.63) is 17.7 Å². The van der Waals surface area contributed by atoms with Crippen molar-refractivity contribution in [3.8, 4) is 17.2 Å². The molecule has 0 aliphatic heterocycles. The Morgan fingerprint density at radius 2 is 1.83 bits per heavy atom. The minimum Gasteiger partial charge on any atom is -0.504 e. The SMILES string of the molecule is N[C@@H](CO)C(O)NCCc1ccc(O)c(O)c1O. The van der Waals surface area contributed by atoms with Gasteiger partial charge >= 0.3 is 0 Å². The van der Waals surface area contributed by atoms with Crippen LogP contribution in [0.15, 0.2) is 12.1 Å². The van der Waals surface area contributed by atoms with Crippen LogP contribution in [-0.2, 0) is 6.42 Å². The first-order valence-corrected chi connectivity index (χ1v) is 5.48. The highest BCUT2D eigenvalue weighted by molar-refractivity contribution is 5.53. The number of phenols is 3. The molecule has 1 aromatic carbocycles. The fourth-order valence-corrected chi connectivity index (χ4v) is 1.42. The van der Waals surface area contributed by atoms with Gasteiger partial charge in [0.25, 0.3) is 0 Å². The number of aromatic hydroxyl groups is 3. The Labute approximate surface area is 104 Å². The summed E-state index contributed by atoms with van der Waals surface area (Å²) in [5, 5.41) is 48.7. The highest BCUT2D eigenvalue weighted by Crippen LogP contribution is 2.36. The Morgan fingerprint density at radius 3 is 2.44 bits per heavy atom. The van der Waals surface area contributed by atoms with Crippen LogP contribution in [0.3, 0.4) is 0 Å². The Balaban J connectivity index is 2.52. The van der Waals surface area contributed by atoms with E-state index in [1.807, 2.05) is 0 Å². The van der Waals surface area contributed by atoms with Gasteiger partial charge in [-0.2, -0.15) is 0 Å². The first-order valence-electron chi connectivity index (χ1n) is 5.48. The molecule has 18 heavy (non-hydrogen) atoms. The van der Waals surface area contributed by atoms with Crippen molar-refractivity contribution >= 4 is 0 Å². The van der Waals surface area contributed by atoms with E-state index >= 15 is 0 Å². The van der Waals surface area contributed by atoms with Crippen LogP contribution >= 0.6 is 0 Å². The quantitative estimate of drug-likeness (QED) is 0.245. The standard InChI is InChI=1S/C11H18N2O5/c12-7(5-14)11(18)13-4-3-6-1-2-8(15)10(17)9(6)16/h1-2,7,11,13-18H,3-5,12H2/t7-,11?/m0/s1. The molecular formula is C11H18N2O5. The number of nitrogens with two attached hydrogens (primary N) is 1. The second-order valence-corrected chi connectivity index (χ2v) is 3.94. The van der Waals surface area contributed by atoms with E-state index in [0.29, 0.717) is 12.0 Å². The molecule has 1 unspecified atom stereocenters. The van der Waals surface area contributed by atoms with Gasteiger partial charge < -0.3 is 31.3 Å². The van der Waals surface area contributed by atoms with Crippen LogP contribution in [0.1, 0.15) is 5.56 Å². The minimum atomic E-state index is -1.05. The second-order valence-electron chi connectivity index (χ2n) is 3.94. The van der Waals surface area contributed by atoms with Gasteiger partial charge in [0.2, 0.25) is 5.75 Å². The van der Waals surface area contributed by atoms with Gasteiger partial charge in [-0.15, -0.1) is 0 Å². The van der Waals surface area contributed by atoms with Gasteiger partial charge in [-0.05, 0) is 18.1 Å². The monoisotopic (exact) mass is 258 g/mol. The summed E-state index contributed by atoms with van der Waals surface area (Å²) in [7, 11) is 0. The molecule has 0 aromatic heterocycles. The number of hydrogen-bond acceptors (Lipinski definition) is 7. The molecule has 1 aromatic rings. The third-order valence-corrected chi connectivity index (χ3v) is 2.58. The van der Waals surface area contributed by atoms with Crippen LogP contribution in [0.25, 0.3) is 0 Å². The second kappa shape index (κ2) is 6.41. The summed E-state index contributed by atoms with van der Waals surface area (Å²) in [6.45, 7) is -0.0634. The lowest BCUT2D eigenvalue weighted by Gasteiger charge is -2.18. The van der Waals surface area contributed by atoms with Gasteiger partial charge in [0.05, 0.1) is 12.6 Å². The fraction of sp³-hybridized carbons (Fsp3) is 0.455. The molecule has 0 spiro atoms. The third-order valence-electron chi connectivity index (χ3n) is 2.58. The average Bonchev–Trinajstić information content (AvgIpc) is 2.37. The average molecular weight is 258 g/mol. The zero-order valence-corrected chi connectivity index (χ0v) is 9.74. The Morgan fingerprint density at radius 1 is 1.17 bits per heavy atom. The maximum Gasteiger partial charge on any atom is 0.200 e. The predicted molar refractivity (Wildman–Crippen MR) is 64.2 cm³/mol. The number of nitrogens with one attached hydrogen (secondary N) is 1. The van der Waals surface area contributed by atoms with E-state index in [0.717, 1.165) is 0 Å². The summed E-state index contributed by atoms with van der Waals surface area (Å²) in [5.41, 5.74) is 5.80. The number of rotatable bonds is 6. The molecule has 0 bridgehead atoms. The molecule has 7 nitrogen and oxygen atoms in total. The van der Waals surface area contributed by atoms with Crippen LogP contribution in [0.4, 0.5) is 0 Å². The van der Waals surface area contributed by atoms with Crippen LogP contribution in [-0.4, -0.2) is 51.0 Å². The molecule has 0 radical (unpaired) electrons. The Bertz CT molecular complexity index is 399. The van der Waals surface area contributed by atoms with Crippen molar-refractivity contribution in [2.24, 2.45) is 5.73 Å². The van der Waals surface area contributed by atoms with E-state index in [1.165, 1.54) is 12.1 Å². The molecule has 8 N–H and O–H groups in total. The van der Waals surface area contributed by atoms with E-state index in [9.17, 15) is 15.3 Å². The summed E-state index contributed by atoms with van der Waals surface area (Å²) >= 11 is 0. The topological polar surface area (TPSA) is 139 Å².